The molecule has 0 N–H and O–H groups in total. The number of benzene rings is 2. The van der Waals surface area contributed by atoms with Crippen molar-refractivity contribution in [1.29, 1.82) is 0 Å². The molecule has 0 spiro atoms. The molecule has 9 nitrogen and oxygen atoms in total. The molecule has 2 aromatic carbocycles. The number of carbonyl (C=O) groups excluding carboxylic acids is 1. The van der Waals surface area contributed by atoms with E-state index in [2.05, 4.69) is 9.97 Å². The Kier molecular flexibility index (Phi) is 7.54. The quantitative estimate of drug-likeness (QED) is 0.291. The summed E-state index contributed by atoms with van der Waals surface area (Å²) in [5.74, 6) is 0.424. The van der Waals surface area contributed by atoms with Gasteiger partial charge in [0.2, 0.25) is 5.95 Å². The van der Waals surface area contributed by atoms with E-state index >= 15 is 0 Å². The molecule has 1 atom stereocenters. The number of anilines is 1. The second-order valence-electron chi connectivity index (χ2n) is 11.6. The van der Waals surface area contributed by atoms with Gasteiger partial charge in [0.25, 0.3) is 0 Å². The van der Waals surface area contributed by atoms with Crippen LogP contribution in [-0.2, 0) is 4.74 Å². The zero-order valence-electron chi connectivity index (χ0n) is 24.1. The fraction of sp³-hybridized carbons (Fsp3) is 0.400. The number of hydrogen-bond donors (Lipinski definition) is 0. The molecule has 4 aromatic rings. The first-order chi connectivity index (χ1) is 19.4. The first-order valence-electron chi connectivity index (χ1n) is 13.6. The van der Waals surface area contributed by atoms with Crippen molar-refractivity contribution in [2.24, 2.45) is 0 Å². The van der Waals surface area contributed by atoms with Crippen LogP contribution in [0.4, 0.5) is 15.0 Å². The molecule has 1 aliphatic heterocycles. The Morgan fingerprint density at radius 1 is 1.15 bits per heavy atom. The second kappa shape index (κ2) is 10.8. The van der Waals surface area contributed by atoms with Crippen molar-refractivity contribution in [2.45, 2.75) is 59.2 Å². The molecule has 0 radical (unpaired) electrons. The normalized spacial score (nSPS) is 16.1. The lowest BCUT2D eigenvalue weighted by atomic mass is 10.0. The van der Waals surface area contributed by atoms with Gasteiger partial charge in [0.1, 0.15) is 17.2 Å². The smallest absolute Gasteiger partial charge is 0.410 e. The minimum Gasteiger partial charge on any atom is -0.444 e. The number of nitrogens with zero attached hydrogens (tertiary/aromatic N) is 6. The molecule has 0 bridgehead atoms. The van der Waals surface area contributed by atoms with Gasteiger partial charge in [-0.3, -0.25) is 0 Å². The van der Waals surface area contributed by atoms with Gasteiger partial charge in [0, 0.05) is 65.6 Å². The maximum Gasteiger partial charge on any atom is 0.410 e. The third-order valence-electron chi connectivity index (χ3n) is 7.08. The Morgan fingerprint density at radius 2 is 1.88 bits per heavy atom. The Hall–Kier alpha value is -3.92. The molecule has 2 aromatic heterocycles. The van der Waals surface area contributed by atoms with Crippen LogP contribution >= 0.6 is 11.6 Å². The summed E-state index contributed by atoms with van der Waals surface area (Å²) in [6.07, 6.45) is 3.06. The van der Waals surface area contributed by atoms with Crippen molar-refractivity contribution in [1.82, 2.24) is 24.0 Å². The topological polar surface area (TPSA) is 85.5 Å². The van der Waals surface area contributed by atoms with Crippen LogP contribution in [0.3, 0.4) is 0 Å². The average Bonchev–Trinajstić information content (AvgIpc) is 3.37. The summed E-state index contributed by atoms with van der Waals surface area (Å²) in [7, 11) is 0. The van der Waals surface area contributed by atoms with E-state index in [4.69, 9.17) is 16.3 Å². The highest BCUT2D eigenvalue weighted by molar-refractivity contribution is 6.34. The molecule has 216 valence electrons. The van der Waals surface area contributed by atoms with Crippen molar-refractivity contribution in [2.75, 3.05) is 24.5 Å². The highest BCUT2D eigenvalue weighted by Crippen LogP contribution is 2.37. The van der Waals surface area contributed by atoms with Gasteiger partial charge in [0.15, 0.2) is 0 Å². The van der Waals surface area contributed by atoms with E-state index in [0.717, 1.165) is 0 Å². The fourth-order valence-corrected chi connectivity index (χ4v) is 5.44. The standard InChI is InChI=1S/C30H34ClFN6O3/c1-18(2)36-12-11-33-27(36)38-25-16-21(20-9-7-8-10-24(20)32)23(31)15-22(25)26(34-28(38)39)37-14-13-35(17-19(37)3)29(40)41-30(4,5)6/h7-12,15-16,18-19H,13-14,17H2,1-6H3. The van der Waals surface area contributed by atoms with Crippen molar-refractivity contribution >= 4 is 34.4 Å². The molecule has 1 aliphatic rings. The maximum atomic E-state index is 14.9. The van der Waals surface area contributed by atoms with Gasteiger partial charge in [-0.15, -0.1) is 0 Å². The Balaban J connectivity index is 1.67. The van der Waals surface area contributed by atoms with E-state index in [9.17, 15) is 14.0 Å². The number of hydrogen-bond acceptors (Lipinski definition) is 6. The summed E-state index contributed by atoms with van der Waals surface area (Å²) in [5.41, 5.74) is 0.145. The van der Waals surface area contributed by atoms with Gasteiger partial charge in [-0.05, 0) is 59.7 Å². The zero-order chi connectivity index (χ0) is 29.6. The van der Waals surface area contributed by atoms with Gasteiger partial charge in [0.05, 0.1) is 5.52 Å². The van der Waals surface area contributed by atoms with Crippen LogP contribution < -0.4 is 10.6 Å². The fourth-order valence-electron chi connectivity index (χ4n) is 5.17. The SMILES string of the molecule is CC1CN(C(=O)OC(C)(C)C)CCN1c1nc(=O)n(-c2nccn2C(C)C)c2cc(-c3ccccc3F)c(Cl)cc12. The lowest BCUT2D eigenvalue weighted by Gasteiger charge is -2.41. The number of halogens is 2. The minimum atomic E-state index is -0.603. The summed E-state index contributed by atoms with van der Waals surface area (Å²) in [4.78, 5) is 39.2. The van der Waals surface area contributed by atoms with Gasteiger partial charge < -0.3 is 19.1 Å². The van der Waals surface area contributed by atoms with Gasteiger partial charge in [-0.25, -0.2) is 23.5 Å². The number of carbonyl (C=O) groups is 1. The molecular weight excluding hydrogens is 547 g/mol. The van der Waals surface area contributed by atoms with Crippen LogP contribution in [0.15, 0.2) is 53.6 Å². The van der Waals surface area contributed by atoms with Gasteiger partial charge in [-0.1, -0.05) is 29.8 Å². The lowest BCUT2D eigenvalue weighted by molar-refractivity contribution is 0.0218. The highest BCUT2D eigenvalue weighted by Gasteiger charge is 2.32. The largest absolute Gasteiger partial charge is 0.444 e. The first kappa shape index (κ1) is 28.6. The Bertz CT molecular complexity index is 1680. The third kappa shape index (κ3) is 5.53. The Morgan fingerprint density at radius 3 is 2.54 bits per heavy atom. The molecule has 1 fully saturated rings. The monoisotopic (exact) mass is 580 g/mol. The molecule has 1 saturated heterocycles. The molecule has 11 heteroatoms. The number of aromatic nitrogens is 4. The summed E-state index contributed by atoms with van der Waals surface area (Å²) < 4.78 is 23.8. The van der Waals surface area contributed by atoms with Crippen LogP contribution in [0.1, 0.15) is 47.6 Å². The van der Waals surface area contributed by atoms with Crippen molar-refractivity contribution in [3.8, 4) is 17.1 Å². The number of ether oxygens (including phenoxy) is 1. The maximum absolute atomic E-state index is 14.9. The van der Waals surface area contributed by atoms with Gasteiger partial charge >= 0.3 is 11.8 Å². The van der Waals surface area contributed by atoms with E-state index in [1.165, 1.54) is 10.6 Å². The summed E-state index contributed by atoms with van der Waals surface area (Å²) in [6, 6.07) is 9.68. The molecule has 41 heavy (non-hydrogen) atoms. The van der Waals surface area contributed by atoms with Crippen LogP contribution in [0.2, 0.25) is 5.02 Å². The number of piperazine rings is 1. The molecule has 0 aliphatic carbocycles. The number of rotatable bonds is 4. The van der Waals surface area contributed by atoms with E-state index in [-0.39, 0.29) is 18.2 Å². The van der Waals surface area contributed by atoms with E-state index in [1.54, 1.807) is 47.6 Å². The number of amides is 1. The number of imidazole rings is 1. The summed E-state index contributed by atoms with van der Waals surface area (Å²) >= 11 is 6.79. The predicted octanol–water partition coefficient (Wildman–Crippen LogP) is 6.07. The van der Waals surface area contributed by atoms with Crippen molar-refractivity contribution in [3.63, 3.8) is 0 Å². The lowest BCUT2D eigenvalue weighted by Crippen LogP contribution is -2.55. The first-order valence-corrected chi connectivity index (χ1v) is 14.0. The number of fused-ring (bicyclic) bond motifs is 1. The van der Waals surface area contributed by atoms with Crippen LogP contribution in [0.25, 0.3) is 28.0 Å². The van der Waals surface area contributed by atoms with Crippen LogP contribution in [0.5, 0.6) is 0 Å². The summed E-state index contributed by atoms with van der Waals surface area (Å²) in [5, 5.41) is 0.939. The van der Waals surface area contributed by atoms with E-state index in [0.29, 0.717) is 58.5 Å². The molecular formula is C30H34ClFN6O3. The van der Waals surface area contributed by atoms with Crippen molar-refractivity contribution in [3.05, 3.63) is 70.1 Å². The van der Waals surface area contributed by atoms with E-state index < -0.39 is 17.1 Å². The van der Waals surface area contributed by atoms with Crippen molar-refractivity contribution < 1.29 is 13.9 Å². The minimum absolute atomic E-state index is 0.0217. The average molecular weight is 581 g/mol. The molecule has 5 rings (SSSR count). The highest BCUT2D eigenvalue weighted by atomic mass is 35.5. The predicted molar refractivity (Wildman–Crippen MR) is 159 cm³/mol. The summed E-state index contributed by atoms with van der Waals surface area (Å²) in [6.45, 7) is 12.7. The van der Waals surface area contributed by atoms with Crippen LogP contribution in [0, 0.1) is 5.82 Å². The van der Waals surface area contributed by atoms with Gasteiger partial charge in [-0.2, -0.15) is 4.98 Å². The third-order valence-corrected chi connectivity index (χ3v) is 7.39. The van der Waals surface area contributed by atoms with Crippen LogP contribution in [-0.4, -0.2) is 61.4 Å². The van der Waals surface area contributed by atoms with E-state index in [1.807, 2.05) is 51.0 Å². The molecule has 0 saturated carbocycles. The zero-order valence-corrected chi connectivity index (χ0v) is 24.8. The second-order valence-corrected chi connectivity index (χ2v) is 12.0. The molecule has 3 heterocycles. The molecule has 1 amide bonds. The Labute approximate surface area is 243 Å². The molecule has 1 unspecified atom stereocenters.